The molecule has 0 saturated carbocycles. The molecule has 8 heteroatoms. The van der Waals surface area contributed by atoms with Crippen LogP contribution in [0.4, 0.5) is 11.5 Å². The molecule has 0 aliphatic heterocycles. The highest BCUT2D eigenvalue weighted by molar-refractivity contribution is 6.30. The third kappa shape index (κ3) is 5.32. The molecule has 1 aromatic heterocycles. The van der Waals surface area contributed by atoms with Crippen LogP contribution in [0.1, 0.15) is 25.0 Å². The van der Waals surface area contributed by atoms with E-state index in [2.05, 4.69) is 16.7 Å². The molecule has 0 spiro atoms. The first-order chi connectivity index (χ1) is 16.2. The van der Waals surface area contributed by atoms with Crippen molar-refractivity contribution in [3.63, 3.8) is 0 Å². The number of benzene rings is 3. The molecule has 4 N–H and O–H groups in total. The molecule has 3 aromatic carbocycles. The summed E-state index contributed by atoms with van der Waals surface area (Å²) >= 11 is 6.16. The summed E-state index contributed by atoms with van der Waals surface area (Å²) in [7, 11) is 1.65. The Bertz CT molecular complexity index is 1330. The molecule has 0 atom stereocenters. The van der Waals surface area contributed by atoms with Crippen molar-refractivity contribution in [1.29, 1.82) is 0 Å². The van der Waals surface area contributed by atoms with Gasteiger partial charge in [-0.3, -0.25) is 9.48 Å². The van der Waals surface area contributed by atoms with Crippen LogP contribution in [0.2, 0.25) is 5.02 Å². The van der Waals surface area contributed by atoms with Crippen LogP contribution in [0.15, 0.2) is 66.7 Å². The fraction of sp³-hybridized carbons (Fsp3) is 0.231. The Hall–Kier alpha value is -3.55. The number of carbonyl (C=O) groups is 1. The van der Waals surface area contributed by atoms with Gasteiger partial charge in [-0.1, -0.05) is 48.0 Å². The van der Waals surface area contributed by atoms with Gasteiger partial charge in [0.2, 0.25) is 5.91 Å². The predicted molar refractivity (Wildman–Crippen MR) is 137 cm³/mol. The summed E-state index contributed by atoms with van der Waals surface area (Å²) in [6, 6.07) is 21.4. The summed E-state index contributed by atoms with van der Waals surface area (Å²) in [4.78, 5) is 12.1. The number of amides is 1. The maximum Gasteiger partial charge on any atom is 0.239 e. The number of fused-ring (bicyclic) bond motifs is 1. The molecule has 0 fully saturated rings. The van der Waals surface area contributed by atoms with E-state index in [-0.39, 0.29) is 5.91 Å². The summed E-state index contributed by atoms with van der Waals surface area (Å²) in [5, 5.41) is 12.6. The maximum absolute atomic E-state index is 12.1. The van der Waals surface area contributed by atoms with E-state index in [0.29, 0.717) is 23.9 Å². The molecule has 0 radical (unpaired) electrons. The fourth-order valence-electron chi connectivity index (χ4n) is 3.70. The van der Waals surface area contributed by atoms with Gasteiger partial charge in [0.25, 0.3) is 0 Å². The molecule has 34 heavy (non-hydrogen) atoms. The SMILES string of the molecule is COc1cccc2c1c(Nc1cccc(Cl)c1)nn2Cc1cccc(CNC(=O)C(C)(C)N)c1. The molecule has 0 bridgehead atoms. The number of hydrogen-bond acceptors (Lipinski definition) is 5. The monoisotopic (exact) mass is 477 g/mol. The van der Waals surface area contributed by atoms with E-state index >= 15 is 0 Å². The number of anilines is 2. The lowest BCUT2D eigenvalue weighted by atomic mass is 10.1. The minimum atomic E-state index is -0.920. The van der Waals surface area contributed by atoms with Crippen LogP contribution in [-0.2, 0) is 17.9 Å². The van der Waals surface area contributed by atoms with Crippen LogP contribution in [0.5, 0.6) is 5.75 Å². The van der Waals surface area contributed by atoms with Crippen LogP contribution in [0, 0.1) is 0 Å². The second kappa shape index (κ2) is 9.75. The minimum absolute atomic E-state index is 0.195. The van der Waals surface area contributed by atoms with Gasteiger partial charge < -0.3 is 21.1 Å². The molecule has 0 aliphatic rings. The van der Waals surface area contributed by atoms with Crippen LogP contribution in [-0.4, -0.2) is 28.3 Å². The minimum Gasteiger partial charge on any atom is -0.496 e. The van der Waals surface area contributed by atoms with Crippen molar-refractivity contribution >= 4 is 39.9 Å². The molecular weight excluding hydrogens is 450 g/mol. The first-order valence-corrected chi connectivity index (χ1v) is 11.3. The average molecular weight is 478 g/mol. The summed E-state index contributed by atoms with van der Waals surface area (Å²) in [6.45, 7) is 4.32. The number of nitrogens with one attached hydrogen (secondary N) is 2. The van der Waals surface area contributed by atoms with Crippen molar-refractivity contribution in [1.82, 2.24) is 15.1 Å². The third-order valence-corrected chi connectivity index (χ3v) is 5.64. The first-order valence-electron chi connectivity index (χ1n) is 11.0. The van der Waals surface area contributed by atoms with Gasteiger partial charge in [0, 0.05) is 17.3 Å². The molecular formula is C26H28ClN5O2. The Kier molecular flexibility index (Phi) is 6.77. The smallest absolute Gasteiger partial charge is 0.239 e. The molecule has 1 heterocycles. The van der Waals surface area contributed by atoms with Crippen molar-refractivity contribution < 1.29 is 9.53 Å². The molecule has 0 aliphatic carbocycles. The van der Waals surface area contributed by atoms with E-state index in [1.807, 2.05) is 65.3 Å². The summed E-state index contributed by atoms with van der Waals surface area (Å²) < 4.78 is 7.56. The fourth-order valence-corrected chi connectivity index (χ4v) is 3.89. The number of aromatic nitrogens is 2. The predicted octanol–water partition coefficient (Wildman–Crippen LogP) is 4.84. The molecule has 4 aromatic rings. The summed E-state index contributed by atoms with van der Waals surface area (Å²) in [6.07, 6.45) is 0. The zero-order valence-corrected chi connectivity index (χ0v) is 20.2. The van der Waals surface area contributed by atoms with Crippen LogP contribution < -0.4 is 21.1 Å². The molecule has 4 rings (SSSR count). The second-order valence-electron chi connectivity index (χ2n) is 8.72. The van der Waals surface area contributed by atoms with Gasteiger partial charge in [-0.25, -0.2) is 0 Å². The standard InChI is InChI=1S/C26H28ClN5O2/c1-26(2,28)25(33)29-15-17-7-4-8-18(13-17)16-32-21-11-6-12-22(34-3)23(21)24(31-32)30-20-10-5-9-19(27)14-20/h4-14H,15-16,28H2,1-3H3,(H,29,33)(H,30,31). The number of methoxy groups -OCH3 is 1. The topological polar surface area (TPSA) is 94.2 Å². The Morgan fingerprint density at radius 1 is 1.09 bits per heavy atom. The Morgan fingerprint density at radius 3 is 2.56 bits per heavy atom. The number of rotatable bonds is 8. The van der Waals surface area contributed by atoms with Crippen LogP contribution >= 0.6 is 11.6 Å². The number of halogens is 1. The Balaban J connectivity index is 1.63. The Labute approximate surface area is 203 Å². The number of carbonyl (C=O) groups excluding carboxylic acids is 1. The first kappa shape index (κ1) is 23.6. The summed E-state index contributed by atoms with van der Waals surface area (Å²) in [5.41, 5.74) is 8.77. The van der Waals surface area contributed by atoms with Gasteiger partial charge in [-0.05, 0) is 55.3 Å². The molecule has 1 amide bonds. The number of nitrogens with zero attached hydrogens (tertiary/aromatic N) is 2. The summed E-state index contributed by atoms with van der Waals surface area (Å²) in [5.74, 6) is 1.22. The number of nitrogens with two attached hydrogens (primary N) is 1. The van der Waals surface area contributed by atoms with Gasteiger partial charge in [0.1, 0.15) is 5.75 Å². The van der Waals surface area contributed by atoms with E-state index in [0.717, 1.165) is 33.5 Å². The van der Waals surface area contributed by atoms with Crippen molar-refractivity contribution in [3.8, 4) is 5.75 Å². The third-order valence-electron chi connectivity index (χ3n) is 5.41. The van der Waals surface area contributed by atoms with Gasteiger partial charge >= 0.3 is 0 Å². The zero-order valence-electron chi connectivity index (χ0n) is 19.4. The van der Waals surface area contributed by atoms with E-state index in [4.69, 9.17) is 27.2 Å². The van der Waals surface area contributed by atoms with Gasteiger partial charge in [0.05, 0.1) is 30.1 Å². The molecule has 176 valence electrons. The van der Waals surface area contributed by atoms with E-state index in [1.165, 1.54) is 0 Å². The second-order valence-corrected chi connectivity index (χ2v) is 9.16. The molecule has 0 unspecified atom stereocenters. The van der Waals surface area contributed by atoms with Gasteiger partial charge in [-0.2, -0.15) is 5.10 Å². The van der Waals surface area contributed by atoms with Crippen molar-refractivity contribution in [2.75, 3.05) is 12.4 Å². The lowest BCUT2D eigenvalue weighted by molar-refractivity contribution is -0.125. The Morgan fingerprint density at radius 2 is 1.82 bits per heavy atom. The quantitative estimate of drug-likeness (QED) is 0.337. The maximum atomic E-state index is 12.1. The lowest BCUT2D eigenvalue weighted by Gasteiger charge is -2.18. The van der Waals surface area contributed by atoms with Crippen molar-refractivity contribution in [2.45, 2.75) is 32.5 Å². The highest BCUT2D eigenvalue weighted by Crippen LogP contribution is 2.34. The van der Waals surface area contributed by atoms with Crippen LogP contribution in [0.25, 0.3) is 10.9 Å². The average Bonchev–Trinajstić information content (AvgIpc) is 3.14. The number of ether oxygens (including phenoxy) is 1. The molecule has 7 nitrogen and oxygen atoms in total. The molecule has 0 saturated heterocycles. The largest absolute Gasteiger partial charge is 0.496 e. The highest BCUT2D eigenvalue weighted by atomic mass is 35.5. The van der Waals surface area contributed by atoms with Crippen LogP contribution in [0.3, 0.4) is 0 Å². The lowest BCUT2D eigenvalue weighted by Crippen LogP contribution is -2.48. The normalized spacial score (nSPS) is 11.4. The van der Waals surface area contributed by atoms with E-state index in [1.54, 1.807) is 21.0 Å². The van der Waals surface area contributed by atoms with Gasteiger partial charge in [0.15, 0.2) is 5.82 Å². The zero-order chi connectivity index (χ0) is 24.3. The number of hydrogen-bond donors (Lipinski definition) is 3. The van der Waals surface area contributed by atoms with E-state index in [9.17, 15) is 4.79 Å². The van der Waals surface area contributed by atoms with Crippen molar-refractivity contribution in [2.24, 2.45) is 5.73 Å². The van der Waals surface area contributed by atoms with Gasteiger partial charge in [-0.15, -0.1) is 0 Å². The highest BCUT2D eigenvalue weighted by Gasteiger charge is 2.21. The van der Waals surface area contributed by atoms with E-state index < -0.39 is 5.54 Å². The van der Waals surface area contributed by atoms with Crippen molar-refractivity contribution in [3.05, 3.63) is 82.9 Å².